The normalized spacial score (nSPS) is 12.2. The molecule has 0 radical (unpaired) electrons. The summed E-state index contributed by atoms with van der Waals surface area (Å²) in [6.07, 6.45) is 1.08. The van der Waals surface area contributed by atoms with E-state index in [4.69, 9.17) is 0 Å². The lowest BCUT2D eigenvalue weighted by molar-refractivity contribution is -0.132. The lowest BCUT2D eigenvalue weighted by atomic mass is 10.1. The number of nitrogens with zero attached hydrogens (tertiary/aromatic N) is 1. The van der Waals surface area contributed by atoms with Crippen molar-refractivity contribution in [3.63, 3.8) is 0 Å². The summed E-state index contributed by atoms with van der Waals surface area (Å²) in [7, 11) is 1.78. The highest BCUT2D eigenvalue weighted by atomic mass is 32.1. The second-order valence-corrected chi connectivity index (χ2v) is 7.01. The summed E-state index contributed by atoms with van der Waals surface area (Å²) in [5.41, 5.74) is 2.30. The number of rotatable bonds is 6. The Morgan fingerprint density at radius 2 is 1.95 bits per heavy atom. The van der Waals surface area contributed by atoms with Crippen molar-refractivity contribution in [2.75, 3.05) is 13.7 Å². The molecule has 1 atom stereocenters. The van der Waals surface area contributed by atoms with Crippen molar-refractivity contribution in [1.82, 2.24) is 4.90 Å². The third kappa shape index (κ3) is 4.18. The van der Waals surface area contributed by atoms with Gasteiger partial charge in [-0.3, -0.25) is 4.79 Å². The van der Waals surface area contributed by atoms with Gasteiger partial charge in [-0.05, 0) is 37.5 Å². The molecule has 0 spiro atoms. The molecule has 1 N–H and O–H groups in total. The van der Waals surface area contributed by atoms with Crippen LogP contribution in [0.15, 0.2) is 36.4 Å². The van der Waals surface area contributed by atoms with Crippen LogP contribution in [0.5, 0.6) is 0 Å². The number of benzene rings is 1. The van der Waals surface area contributed by atoms with Gasteiger partial charge in [-0.2, -0.15) is 0 Å². The number of aliphatic hydroxyl groups excluding tert-OH is 1. The molecule has 0 aliphatic heterocycles. The minimum Gasteiger partial charge on any atom is -0.394 e. The fourth-order valence-corrected chi connectivity index (χ4v) is 3.58. The number of thiophene rings is 1. The van der Waals surface area contributed by atoms with Crippen LogP contribution >= 0.6 is 11.3 Å². The summed E-state index contributed by atoms with van der Waals surface area (Å²) in [5, 5.41) is 9.64. The Balaban J connectivity index is 2.02. The SMILES string of the molecule is Cc1cc(C)c(CC(=O)N(C)C(CO)Cc2ccccc2)s1. The Morgan fingerprint density at radius 3 is 2.50 bits per heavy atom. The number of hydrogen-bond donors (Lipinski definition) is 1. The highest BCUT2D eigenvalue weighted by molar-refractivity contribution is 7.12. The maximum absolute atomic E-state index is 12.5. The Morgan fingerprint density at radius 1 is 1.27 bits per heavy atom. The predicted octanol–water partition coefficient (Wildman–Crippen LogP) is 2.97. The third-order valence-electron chi connectivity index (χ3n) is 3.92. The number of carbonyl (C=O) groups excluding carboxylic acids is 1. The number of amides is 1. The van der Waals surface area contributed by atoms with E-state index in [1.54, 1.807) is 23.3 Å². The molecule has 0 saturated carbocycles. The van der Waals surface area contributed by atoms with Gasteiger partial charge in [-0.15, -0.1) is 11.3 Å². The van der Waals surface area contributed by atoms with Crippen LogP contribution in [0.4, 0.5) is 0 Å². The lowest BCUT2D eigenvalue weighted by Gasteiger charge is -2.27. The Labute approximate surface area is 136 Å². The van der Waals surface area contributed by atoms with Crippen molar-refractivity contribution < 1.29 is 9.90 Å². The smallest absolute Gasteiger partial charge is 0.227 e. The second-order valence-electron chi connectivity index (χ2n) is 5.67. The molecule has 0 aliphatic carbocycles. The van der Waals surface area contributed by atoms with E-state index in [2.05, 4.69) is 13.0 Å². The highest BCUT2D eigenvalue weighted by Crippen LogP contribution is 2.22. The van der Waals surface area contributed by atoms with Gasteiger partial charge in [-0.25, -0.2) is 0 Å². The molecule has 0 fully saturated rings. The number of carbonyl (C=O) groups is 1. The zero-order chi connectivity index (χ0) is 16.1. The second kappa shape index (κ2) is 7.56. The molecule has 1 aromatic heterocycles. The van der Waals surface area contributed by atoms with Crippen molar-refractivity contribution in [2.24, 2.45) is 0 Å². The number of likely N-dealkylation sites (N-methyl/N-ethyl adjacent to an activating group) is 1. The molecule has 4 heteroatoms. The van der Waals surface area contributed by atoms with Crippen LogP contribution in [-0.2, 0) is 17.6 Å². The van der Waals surface area contributed by atoms with E-state index < -0.39 is 0 Å². The van der Waals surface area contributed by atoms with E-state index in [-0.39, 0.29) is 18.6 Å². The van der Waals surface area contributed by atoms with Crippen LogP contribution in [0.3, 0.4) is 0 Å². The summed E-state index contributed by atoms with van der Waals surface area (Å²) in [6.45, 7) is 4.07. The van der Waals surface area contributed by atoms with Crippen LogP contribution in [0.25, 0.3) is 0 Å². The Kier molecular flexibility index (Phi) is 5.75. The molecule has 1 aromatic carbocycles. The van der Waals surface area contributed by atoms with E-state index >= 15 is 0 Å². The molecule has 1 heterocycles. The molecule has 3 nitrogen and oxygen atoms in total. The highest BCUT2D eigenvalue weighted by Gasteiger charge is 2.21. The first-order valence-corrected chi connectivity index (χ1v) is 8.29. The van der Waals surface area contributed by atoms with Crippen LogP contribution < -0.4 is 0 Å². The number of aryl methyl sites for hydroxylation is 2. The minimum atomic E-state index is -0.184. The first kappa shape index (κ1) is 16.7. The lowest BCUT2D eigenvalue weighted by Crippen LogP contribution is -2.41. The van der Waals surface area contributed by atoms with Crippen molar-refractivity contribution in [3.05, 3.63) is 57.3 Å². The van der Waals surface area contributed by atoms with Crippen LogP contribution in [-0.4, -0.2) is 35.6 Å². The van der Waals surface area contributed by atoms with Gasteiger partial charge in [-0.1, -0.05) is 30.3 Å². The average molecular weight is 317 g/mol. The van der Waals surface area contributed by atoms with Gasteiger partial charge in [0.1, 0.15) is 0 Å². The summed E-state index contributed by atoms with van der Waals surface area (Å²) < 4.78 is 0. The number of aliphatic hydroxyl groups is 1. The maximum atomic E-state index is 12.5. The fourth-order valence-electron chi connectivity index (χ4n) is 2.54. The van der Waals surface area contributed by atoms with E-state index in [9.17, 15) is 9.90 Å². The van der Waals surface area contributed by atoms with E-state index in [1.807, 2.05) is 37.3 Å². The molecular formula is C18H23NO2S. The van der Waals surface area contributed by atoms with Gasteiger partial charge >= 0.3 is 0 Å². The molecule has 22 heavy (non-hydrogen) atoms. The van der Waals surface area contributed by atoms with Crippen molar-refractivity contribution in [1.29, 1.82) is 0 Å². The maximum Gasteiger partial charge on any atom is 0.227 e. The summed E-state index contributed by atoms with van der Waals surface area (Å²) in [4.78, 5) is 16.5. The van der Waals surface area contributed by atoms with Gasteiger partial charge in [0.05, 0.1) is 19.1 Å². The Hall–Kier alpha value is -1.65. The fraction of sp³-hybridized carbons (Fsp3) is 0.389. The van der Waals surface area contributed by atoms with Crippen molar-refractivity contribution in [2.45, 2.75) is 32.7 Å². The zero-order valence-corrected chi connectivity index (χ0v) is 14.2. The molecule has 0 saturated heterocycles. The van der Waals surface area contributed by atoms with E-state index in [0.717, 1.165) is 10.4 Å². The molecule has 0 aliphatic rings. The average Bonchev–Trinajstić information content (AvgIpc) is 2.82. The summed E-state index contributed by atoms with van der Waals surface area (Å²) in [6, 6.07) is 11.9. The van der Waals surface area contributed by atoms with Gasteiger partial charge < -0.3 is 10.0 Å². The standard InChI is InChI=1S/C18H23NO2S/c1-13-9-14(2)22-17(13)11-18(21)19(3)16(12-20)10-15-7-5-4-6-8-15/h4-9,16,20H,10-12H2,1-3H3. The van der Waals surface area contributed by atoms with Crippen LogP contribution in [0, 0.1) is 13.8 Å². The predicted molar refractivity (Wildman–Crippen MR) is 91.3 cm³/mol. The first-order valence-electron chi connectivity index (χ1n) is 7.47. The molecular weight excluding hydrogens is 294 g/mol. The summed E-state index contributed by atoms with van der Waals surface area (Å²) >= 11 is 1.67. The van der Waals surface area contributed by atoms with Gasteiger partial charge in [0.2, 0.25) is 5.91 Å². The quantitative estimate of drug-likeness (QED) is 0.890. The van der Waals surface area contributed by atoms with Crippen LogP contribution in [0.2, 0.25) is 0 Å². The first-order chi connectivity index (χ1) is 10.5. The van der Waals surface area contributed by atoms with Crippen LogP contribution in [0.1, 0.15) is 20.9 Å². The largest absolute Gasteiger partial charge is 0.394 e. The molecule has 2 rings (SSSR count). The topological polar surface area (TPSA) is 40.5 Å². The minimum absolute atomic E-state index is 0.0282. The molecule has 1 unspecified atom stereocenters. The number of hydrogen-bond acceptors (Lipinski definition) is 3. The van der Waals surface area contributed by atoms with E-state index in [0.29, 0.717) is 12.8 Å². The molecule has 2 aromatic rings. The zero-order valence-electron chi connectivity index (χ0n) is 13.4. The third-order valence-corrected chi connectivity index (χ3v) is 5.07. The van der Waals surface area contributed by atoms with E-state index in [1.165, 1.54) is 10.4 Å². The monoisotopic (exact) mass is 317 g/mol. The van der Waals surface area contributed by atoms with Crippen molar-refractivity contribution >= 4 is 17.2 Å². The molecule has 118 valence electrons. The van der Waals surface area contributed by atoms with Gasteiger partial charge in [0.25, 0.3) is 0 Å². The molecule has 0 bridgehead atoms. The van der Waals surface area contributed by atoms with Gasteiger partial charge in [0, 0.05) is 16.8 Å². The molecule has 1 amide bonds. The Bertz CT molecular complexity index is 621. The summed E-state index contributed by atoms with van der Waals surface area (Å²) in [5.74, 6) is 0.0555. The van der Waals surface area contributed by atoms with Gasteiger partial charge in [0.15, 0.2) is 0 Å². The van der Waals surface area contributed by atoms with Crippen molar-refractivity contribution in [3.8, 4) is 0 Å².